The minimum Gasteiger partial charge on any atom is -0.497 e. The van der Waals surface area contributed by atoms with Crippen molar-refractivity contribution >= 4 is 11.6 Å². The van der Waals surface area contributed by atoms with E-state index < -0.39 is 0 Å². The molecular weight excluding hydrogens is 388 g/mol. The number of aryl methyl sites for hydroxylation is 1. The first-order valence-corrected chi connectivity index (χ1v) is 11.5. The second-order valence-corrected chi connectivity index (χ2v) is 8.85. The summed E-state index contributed by atoms with van der Waals surface area (Å²) in [4.78, 5) is 20.4. The zero-order valence-electron chi connectivity index (χ0n) is 18.9. The van der Waals surface area contributed by atoms with Gasteiger partial charge in [-0.3, -0.25) is 4.79 Å². The third kappa shape index (κ3) is 5.57. The molecule has 0 atom stereocenters. The van der Waals surface area contributed by atoms with Gasteiger partial charge in [0.15, 0.2) is 6.54 Å². The fourth-order valence-electron chi connectivity index (χ4n) is 4.70. The van der Waals surface area contributed by atoms with Crippen LogP contribution in [0.5, 0.6) is 5.75 Å². The van der Waals surface area contributed by atoms with Gasteiger partial charge in [-0.2, -0.15) is 0 Å². The summed E-state index contributed by atoms with van der Waals surface area (Å²) in [6.07, 6.45) is 0. The Morgan fingerprint density at radius 3 is 2.19 bits per heavy atom. The standard InChI is InChI=1S/C25H34N4O2/c1-21-5-3-4-6-22(21)19-26-13-17-29(18-14-26)25(30)20-27-11-15-28(16-12-27)23-7-9-24(31-2)10-8-23/h3-10H,11-20H2,1-2H3/p+2. The lowest BCUT2D eigenvalue weighted by molar-refractivity contribution is -0.918. The second kappa shape index (κ2) is 10.2. The molecule has 0 aliphatic carbocycles. The van der Waals surface area contributed by atoms with Gasteiger partial charge in [0.1, 0.15) is 12.3 Å². The molecule has 31 heavy (non-hydrogen) atoms. The Kier molecular flexibility index (Phi) is 7.10. The summed E-state index contributed by atoms with van der Waals surface area (Å²) in [7, 11) is 1.69. The molecule has 4 rings (SSSR count). The zero-order valence-corrected chi connectivity index (χ0v) is 18.9. The summed E-state index contributed by atoms with van der Waals surface area (Å²) >= 11 is 0. The van der Waals surface area contributed by atoms with Crippen molar-refractivity contribution in [3.05, 3.63) is 59.7 Å². The van der Waals surface area contributed by atoms with Gasteiger partial charge >= 0.3 is 0 Å². The average Bonchev–Trinajstić information content (AvgIpc) is 2.81. The van der Waals surface area contributed by atoms with Crippen molar-refractivity contribution in [2.45, 2.75) is 13.5 Å². The van der Waals surface area contributed by atoms with E-state index in [1.165, 1.54) is 21.7 Å². The zero-order chi connectivity index (χ0) is 21.6. The first kappa shape index (κ1) is 21.7. The molecule has 0 unspecified atom stereocenters. The molecule has 2 heterocycles. The van der Waals surface area contributed by atoms with Gasteiger partial charge in [0.2, 0.25) is 0 Å². The maximum absolute atomic E-state index is 12.9. The van der Waals surface area contributed by atoms with E-state index in [-0.39, 0.29) is 0 Å². The topological polar surface area (TPSA) is 41.7 Å². The van der Waals surface area contributed by atoms with Crippen LogP contribution in [0.15, 0.2) is 48.5 Å². The van der Waals surface area contributed by atoms with E-state index in [1.807, 2.05) is 12.1 Å². The molecule has 2 aromatic rings. The van der Waals surface area contributed by atoms with Crippen molar-refractivity contribution in [2.75, 3.05) is 70.9 Å². The Morgan fingerprint density at radius 1 is 0.903 bits per heavy atom. The third-order valence-electron chi connectivity index (χ3n) is 6.83. The average molecular weight is 425 g/mol. The Balaban J connectivity index is 1.19. The number of carbonyl (C=O) groups excluding carboxylic acids is 1. The summed E-state index contributed by atoms with van der Waals surface area (Å²) in [6, 6.07) is 16.9. The number of amides is 1. The van der Waals surface area contributed by atoms with Gasteiger partial charge in [-0.05, 0) is 36.8 Å². The van der Waals surface area contributed by atoms with Crippen molar-refractivity contribution < 1.29 is 19.3 Å². The fourth-order valence-corrected chi connectivity index (χ4v) is 4.70. The van der Waals surface area contributed by atoms with E-state index >= 15 is 0 Å². The minimum absolute atomic E-state index is 0.322. The van der Waals surface area contributed by atoms with Crippen LogP contribution in [0.3, 0.4) is 0 Å². The summed E-state index contributed by atoms with van der Waals surface area (Å²) in [5, 5.41) is 0. The molecule has 6 heteroatoms. The van der Waals surface area contributed by atoms with Crippen molar-refractivity contribution in [2.24, 2.45) is 0 Å². The van der Waals surface area contributed by atoms with Gasteiger partial charge in [0.05, 0.1) is 59.5 Å². The molecular formula is C25H36N4O2+2. The quantitative estimate of drug-likeness (QED) is 0.665. The molecule has 0 spiro atoms. The summed E-state index contributed by atoms with van der Waals surface area (Å²) in [5.41, 5.74) is 4.03. The van der Waals surface area contributed by atoms with Crippen LogP contribution in [0.1, 0.15) is 11.1 Å². The lowest BCUT2D eigenvalue weighted by Crippen LogP contribution is -3.16. The summed E-state index contributed by atoms with van der Waals surface area (Å²) < 4.78 is 5.25. The molecule has 2 aliphatic rings. The van der Waals surface area contributed by atoms with Crippen LogP contribution >= 0.6 is 0 Å². The van der Waals surface area contributed by atoms with Crippen LogP contribution in [0.4, 0.5) is 5.69 Å². The molecule has 2 N–H and O–H groups in total. The number of hydrogen-bond donors (Lipinski definition) is 2. The van der Waals surface area contributed by atoms with E-state index in [0.29, 0.717) is 12.5 Å². The highest BCUT2D eigenvalue weighted by Gasteiger charge is 2.28. The van der Waals surface area contributed by atoms with E-state index in [2.05, 4.69) is 53.1 Å². The minimum atomic E-state index is 0.322. The maximum Gasteiger partial charge on any atom is 0.278 e. The highest BCUT2D eigenvalue weighted by Crippen LogP contribution is 2.18. The summed E-state index contributed by atoms with van der Waals surface area (Å²) in [6.45, 7) is 11.7. The van der Waals surface area contributed by atoms with Gasteiger partial charge < -0.3 is 24.3 Å². The number of nitrogens with zero attached hydrogens (tertiary/aromatic N) is 2. The Labute approximate surface area is 186 Å². The van der Waals surface area contributed by atoms with E-state index in [4.69, 9.17) is 4.74 Å². The van der Waals surface area contributed by atoms with E-state index in [9.17, 15) is 4.79 Å². The smallest absolute Gasteiger partial charge is 0.278 e. The number of methoxy groups -OCH3 is 1. The van der Waals surface area contributed by atoms with Gasteiger partial charge in [0, 0.05) is 11.3 Å². The first-order valence-electron chi connectivity index (χ1n) is 11.5. The third-order valence-corrected chi connectivity index (χ3v) is 6.83. The molecule has 0 bridgehead atoms. The van der Waals surface area contributed by atoms with Crippen LogP contribution in [0.2, 0.25) is 0 Å². The van der Waals surface area contributed by atoms with Crippen molar-refractivity contribution in [1.82, 2.24) is 4.90 Å². The van der Waals surface area contributed by atoms with Crippen molar-refractivity contribution in [3.8, 4) is 5.75 Å². The predicted octanol–water partition coefficient (Wildman–Crippen LogP) is -0.364. The highest BCUT2D eigenvalue weighted by molar-refractivity contribution is 5.77. The van der Waals surface area contributed by atoms with Gasteiger partial charge in [-0.25, -0.2) is 0 Å². The van der Waals surface area contributed by atoms with Crippen LogP contribution in [-0.2, 0) is 11.3 Å². The highest BCUT2D eigenvalue weighted by atomic mass is 16.5. The molecule has 6 nitrogen and oxygen atoms in total. The van der Waals surface area contributed by atoms with Crippen LogP contribution in [0.25, 0.3) is 0 Å². The SMILES string of the molecule is COc1ccc(N2CC[NH+](CC(=O)N3CC[NH+](Cc4ccccc4C)CC3)CC2)cc1. The number of piperazine rings is 2. The molecule has 2 aromatic carbocycles. The van der Waals surface area contributed by atoms with Gasteiger partial charge in [0.25, 0.3) is 5.91 Å². The lowest BCUT2D eigenvalue weighted by atomic mass is 10.1. The number of anilines is 1. The number of ether oxygens (including phenoxy) is 1. The Hall–Kier alpha value is -2.57. The number of quaternary nitrogens is 2. The van der Waals surface area contributed by atoms with Gasteiger partial charge in [-0.1, -0.05) is 24.3 Å². The normalized spacial score (nSPS) is 18.3. The first-order chi connectivity index (χ1) is 15.1. The fraction of sp³-hybridized carbons (Fsp3) is 0.480. The molecule has 0 aromatic heterocycles. The number of rotatable bonds is 6. The molecule has 0 radical (unpaired) electrons. The van der Waals surface area contributed by atoms with Crippen LogP contribution in [0, 0.1) is 6.92 Å². The number of carbonyl (C=O) groups is 1. The molecule has 166 valence electrons. The molecule has 2 aliphatic heterocycles. The molecule has 2 saturated heterocycles. The van der Waals surface area contributed by atoms with Crippen molar-refractivity contribution in [1.29, 1.82) is 0 Å². The van der Waals surface area contributed by atoms with E-state index in [1.54, 1.807) is 12.0 Å². The Bertz CT molecular complexity index is 854. The predicted molar refractivity (Wildman–Crippen MR) is 123 cm³/mol. The van der Waals surface area contributed by atoms with Gasteiger partial charge in [-0.15, -0.1) is 0 Å². The number of hydrogen-bond acceptors (Lipinski definition) is 3. The van der Waals surface area contributed by atoms with E-state index in [0.717, 1.165) is 64.7 Å². The van der Waals surface area contributed by atoms with Crippen molar-refractivity contribution in [3.63, 3.8) is 0 Å². The molecule has 0 saturated carbocycles. The monoisotopic (exact) mass is 424 g/mol. The lowest BCUT2D eigenvalue weighted by Gasteiger charge is -2.36. The largest absolute Gasteiger partial charge is 0.497 e. The second-order valence-electron chi connectivity index (χ2n) is 8.85. The molecule has 1 amide bonds. The van der Waals surface area contributed by atoms with Crippen LogP contribution < -0.4 is 19.4 Å². The molecule has 2 fully saturated rings. The maximum atomic E-state index is 12.9. The summed E-state index contributed by atoms with van der Waals surface area (Å²) in [5.74, 6) is 1.21. The Morgan fingerprint density at radius 2 is 1.55 bits per heavy atom. The van der Waals surface area contributed by atoms with Crippen LogP contribution in [-0.4, -0.2) is 76.8 Å². The number of benzene rings is 2. The number of nitrogens with one attached hydrogen (secondary N) is 2.